The molecule has 1 amide bonds. The van der Waals surface area contributed by atoms with Crippen LogP contribution in [0.1, 0.15) is 20.3 Å². The maximum absolute atomic E-state index is 12.1. The minimum Gasteiger partial charge on any atom is -0.301 e. The molecule has 0 aliphatic rings. The van der Waals surface area contributed by atoms with Crippen molar-refractivity contribution in [2.24, 2.45) is 0 Å². The first-order valence-corrected chi connectivity index (χ1v) is 10.5. The minimum absolute atomic E-state index is 0.00273. The number of anilines is 1. The number of hydrogen-bond donors (Lipinski definition) is 1. The van der Waals surface area contributed by atoms with E-state index in [0.29, 0.717) is 11.6 Å². The lowest BCUT2D eigenvalue weighted by Crippen LogP contribution is -2.34. The third-order valence-corrected chi connectivity index (χ3v) is 6.77. The molecule has 0 spiro atoms. The molecule has 1 aromatic carbocycles. The molecule has 0 saturated carbocycles. The highest BCUT2D eigenvalue weighted by Crippen LogP contribution is 2.27. The summed E-state index contributed by atoms with van der Waals surface area (Å²) in [7, 11) is -3.42. The van der Waals surface area contributed by atoms with Crippen molar-refractivity contribution < 1.29 is 13.2 Å². The van der Waals surface area contributed by atoms with Crippen molar-refractivity contribution >= 4 is 48.1 Å². The molecule has 1 N–H and O–H groups in total. The summed E-state index contributed by atoms with van der Waals surface area (Å²) in [6.45, 7) is 3.18. The largest absolute Gasteiger partial charge is 0.301 e. The highest BCUT2D eigenvalue weighted by Gasteiger charge is 2.27. The van der Waals surface area contributed by atoms with Crippen LogP contribution in [-0.4, -0.2) is 30.3 Å². The molecule has 124 valence electrons. The summed E-state index contributed by atoms with van der Waals surface area (Å²) in [4.78, 5) is 16.4. The lowest BCUT2D eigenvalue weighted by atomic mass is 10.2. The predicted octanol–water partition coefficient (Wildman–Crippen LogP) is 3.72. The van der Waals surface area contributed by atoms with Gasteiger partial charge in [-0.05, 0) is 25.5 Å². The van der Waals surface area contributed by atoms with Crippen molar-refractivity contribution in [2.75, 3.05) is 11.1 Å². The number of thiazole rings is 1. The van der Waals surface area contributed by atoms with Gasteiger partial charge in [-0.3, -0.25) is 4.79 Å². The predicted molar refractivity (Wildman–Crippen MR) is 97.4 cm³/mol. The van der Waals surface area contributed by atoms with Crippen LogP contribution in [0.25, 0.3) is 11.3 Å². The number of nitrogens with zero attached hydrogens (tertiary/aromatic N) is 1. The Morgan fingerprint density at radius 1 is 1.43 bits per heavy atom. The molecule has 5 nitrogen and oxygen atoms in total. The molecule has 2 rings (SSSR count). The molecule has 1 atom stereocenters. The first kappa shape index (κ1) is 18.1. The van der Waals surface area contributed by atoms with Crippen LogP contribution in [0.15, 0.2) is 34.1 Å². The monoisotopic (exact) mass is 416 g/mol. The average molecular weight is 417 g/mol. The fourth-order valence-corrected chi connectivity index (χ4v) is 4.37. The normalized spacial score (nSPS) is 12.8. The average Bonchev–Trinajstić information content (AvgIpc) is 2.95. The van der Waals surface area contributed by atoms with E-state index in [2.05, 4.69) is 26.2 Å². The first-order valence-electron chi connectivity index (χ1n) is 7.07. The van der Waals surface area contributed by atoms with Crippen molar-refractivity contribution in [1.29, 1.82) is 0 Å². The number of hydrogen-bond acceptors (Lipinski definition) is 5. The number of carbonyl (C=O) groups excluding carboxylic acids is 1. The van der Waals surface area contributed by atoms with E-state index in [1.807, 2.05) is 29.6 Å². The lowest BCUT2D eigenvalue weighted by Gasteiger charge is -2.11. The van der Waals surface area contributed by atoms with E-state index in [9.17, 15) is 13.2 Å². The van der Waals surface area contributed by atoms with E-state index >= 15 is 0 Å². The molecule has 2 aromatic rings. The summed E-state index contributed by atoms with van der Waals surface area (Å²) in [6.07, 6.45) is 0.490. The molecule has 8 heteroatoms. The van der Waals surface area contributed by atoms with E-state index in [1.54, 1.807) is 6.92 Å². The third kappa shape index (κ3) is 4.62. The second-order valence-corrected chi connectivity index (χ2v) is 9.26. The van der Waals surface area contributed by atoms with Gasteiger partial charge >= 0.3 is 0 Å². The second kappa shape index (κ2) is 7.55. The first-order chi connectivity index (χ1) is 10.8. The van der Waals surface area contributed by atoms with E-state index in [4.69, 9.17) is 0 Å². The molecule has 1 heterocycles. The highest BCUT2D eigenvalue weighted by molar-refractivity contribution is 9.10. The van der Waals surface area contributed by atoms with Gasteiger partial charge in [0.25, 0.3) is 0 Å². The van der Waals surface area contributed by atoms with E-state index in [-0.39, 0.29) is 5.75 Å². The van der Waals surface area contributed by atoms with Crippen molar-refractivity contribution in [2.45, 2.75) is 25.5 Å². The van der Waals surface area contributed by atoms with Crippen LogP contribution in [0.2, 0.25) is 0 Å². The summed E-state index contributed by atoms with van der Waals surface area (Å²) < 4.78 is 24.8. The molecule has 0 saturated heterocycles. The maximum Gasteiger partial charge on any atom is 0.244 e. The quantitative estimate of drug-likeness (QED) is 0.777. The van der Waals surface area contributed by atoms with Crippen LogP contribution in [0.4, 0.5) is 5.13 Å². The third-order valence-electron chi connectivity index (χ3n) is 3.25. The molecule has 0 aliphatic carbocycles. The topological polar surface area (TPSA) is 76.1 Å². The molecule has 1 unspecified atom stereocenters. The van der Waals surface area contributed by atoms with Crippen LogP contribution < -0.4 is 5.32 Å². The Morgan fingerprint density at radius 3 is 2.83 bits per heavy atom. The maximum atomic E-state index is 12.1. The summed E-state index contributed by atoms with van der Waals surface area (Å²) in [5.74, 6) is -0.545. The van der Waals surface area contributed by atoms with Gasteiger partial charge in [0.1, 0.15) is 5.25 Å². The standard InChI is InChI=1S/C15H17BrN2O3S2/c1-3-7-23(20,21)10(2)14(19)18-15-17-13(9-22-15)11-5-4-6-12(16)8-11/h4-6,8-10H,3,7H2,1-2H3,(H,17,18,19). The van der Waals surface area contributed by atoms with Crippen LogP contribution in [-0.2, 0) is 14.6 Å². The molecular formula is C15H17BrN2O3S2. The zero-order valence-corrected chi connectivity index (χ0v) is 16.0. The van der Waals surface area contributed by atoms with E-state index < -0.39 is 21.0 Å². The van der Waals surface area contributed by atoms with E-state index in [1.165, 1.54) is 18.3 Å². The Bertz CT molecular complexity index is 803. The van der Waals surface area contributed by atoms with Gasteiger partial charge in [0.2, 0.25) is 5.91 Å². The Morgan fingerprint density at radius 2 is 2.17 bits per heavy atom. The number of amides is 1. The van der Waals surface area contributed by atoms with Gasteiger partial charge in [-0.15, -0.1) is 11.3 Å². The molecule has 0 fully saturated rings. The van der Waals surface area contributed by atoms with Crippen LogP contribution >= 0.6 is 27.3 Å². The molecule has 23 heavy (non-hydrogen) atoms. The zero-order chi connectivity index (χ0) is 17.0. The Kier molecular flexibility index (Phi) is 5.94. The number of aromatic nitrogens is 1. The van der Waals surface area contributed by atoms with Gasteiger partial charge in [-0.2, -0.15) is 0 Å². The second-order valence-electron chi connectivity index (χ2n) is 5.05. The molecule has 0 bridgehead atoms. The SMILES string of the molecule is CCCS(=O)(=O)C(C)C(=O)Nc1nc(-c2cccc(Br)c2)cs1. The van der Waals surface area contributed by atoms with Crippen molar-refractivity contribution in [3.63, 3.8) is 0 Å². The summed E-state index contributed by atoms with van der Waals surface area (Å²) in [6, 6.07) is 7.66. The van der Waals surface area contributed by atoms with Crippen molar-refractivity contribution in [3.8, 4) is 11.3 Å². The van der Waals surface area contributed by atoms with Crippen LogP contribution in [0.5, 0.6) is 0 Å². The van der Waals surface area contributed by atoms with Crippen molar-refractivity contribution in [3.05, 3.63) is 34.1 Å². The van der Waals surface area contributed by atoms with Gasteiger partial charge in [-0.1, -0.05) is 35.0 Å². The number of carbonyl (C=O) groups is 1. The number of benzene rings is 1. The van der Waals surface area contributed by atoms with Crippen molar-refractivity contribution in [1.82, 2.24) is 4.98 Å². The van der Waals surface area contributed by atoms with Gasteiger partial charge in [0, 0.05) is 15.4 Å². The van der Waals surface area contributed by atoms with Gasteiger partial charge in [-0.25, -0.2) is 13.4 Å². The van der Waals surface area contributed by atoms with E-state index in [0.717, 1.165) is 15.7 Å². The summed E-state index contributed by atoms with van der Waals surface area (Å²) in [5.41, 5.74) is 1.65. The van der Waals surface area contributed by atoms with Gasteiger partial charge in [0.05, 0.1) is 11.4 Å². The van der Waals surface area contributed by atoms with Gasteiger partial charge < -0.3 is 5.32 Å². The Balaban J connectivity index is 2.11. The summed E-state index contributed by atoms with van der Waals surface area (Å²) >= 11 is 4.67. The molecule has 0 aliphatic heterocycles. The van der Waals surface area contributed by atoms with Gasteiger partial charge in [0.15, 0.2) is 15.0 Å². The number of nitrogens with one attached hydrogen (secondary N) is 1. The highest BCUT2D eigenvalue weighted by atomic mass is 79.9. The fraction of sp³-hybridized carbons (Fsp3) is 0.333. The van der Waals surface area contributed by atoms with Crippen LogP contribution in [0, 0.1) is 0 Å². The Labute approximate surface area is 148 Å². The molecular weight excluding hydrogens is 400 g/mol. The molecule has 1 aromatic heterocycles. The number of halogens is 1. The number of sulfone groups is 1. The smallest absolute Gasteiger partial charge is 0.244 e. The number of rotatable bonds is 6. The summed E-state index contributed by atoms with van der Waals surface area (Å²) in [5, 5.41) is 3.72. The lowest BCUT2D eigenvalue weighted by molar-refractivity contribution is -0.115. The zero-order valence-electron chi connectivity index (χ0n) is 12.7. The Hall–Kier alpha value is -1.25. The minimum atomic E-state index is -3.42. The fourth-order valence-electron chi connectivity index (χ4n) is 1.94. The molecule has 0 radical (unpaired) electrons. The van der Waals surface area contributed by atoms with Crippen LogP contribution in [0.3, 0.4) is 0 Å².